The minimum atomic E-state index is 0.939. The molecule has 0 spiro atoms. The molecule has 0 saturated carbocycles. The van der Waals surface area contributed by atoms with Crippen molar-refractivity contribution in [3.63, 3.8) is 0 Å². The lowest BCUT2D eigenvalue weighted by Gasteiger charge is -2.35. The summed E-state index contributed by atoms with van der Waals surface area (Å²) in [6, 6.07) is 8.24. The molecule has 4 nitrogen and oxygen atoms in total. The van der Waals surface area contributed by atoms with Crippen LogP contribution in [0.5, 0.6) is 0 Å². The molecule has 1 aliphatic rings. The Hall–Kier alpha value is -1.46. The smallest absolute Gasteiger partial charge is 0.128 e. The van der Waals surface area contributed by atoms with Gasteiger partial charge in [0.1, 0.15) is 5.82 Å². The summed E-state index contributed by atoms with van der Waals surface area (Å²) in [6.07, 6.45) is 3.74. The molecule has 21 heavy (non-hydrogen) atoms. The third-order valence-corrected chi connectivity index (χ3v) is 4.37. The largest absolute Gasteiger partial charge is 0.354 e. The first-order chi connectivity index (χ1) is 10.2. The van der Waals surface area contributed by atoms with Gasteiger partial charge in [-0.15, -0.1) is 0 Å². The monoisotopic (exact) mass is 346 g/mol. The zero-order chi connectivity index (χ0) is 14.7. The van der Waals surface area contributed by atoms with Crippen LogP contribution in [0, 0.1) is 6.92 Å². The molecule has 110 valence electrons. The quantitative estimate of drug-likeness (QED) is 0.855. The van der Waals surface area contributed by atoms with Crippen molar-refractivity contribution in [2.24, 2.45) is 0 Å². The molecule has 1 saturated heterocycles. The second-order valence-corrected chi connectivity index (χ2v) is 6.28. The lowest BCUT2D eigenvalue weighted by Crippen LogP contribution is -2.46. The molecule has 2 aromatic rings. The van der Waals surface area contributed by atoms with Gasteiger partial charge < -0.3 is 4.90 Å². The Bertz CT molecular complexity index is 591. The fourth-order valence-electron chi connectivity index (χ4n) is 2.59. The second kappa shape index (κ2) is 6.54. The average molecular weight is 347 g/mol. The molecule has 0 atom stereocenters. The summed E-state index contributed by atoms with van der Waals surface area (Å²) in [5.41, 5.74) is 2.46. The molecule has 0 bridgehead atoms. The summed E-state index contributed by atoms with van der Waals surface area (Å²) >= 11 is 3.43. The van der Waals surface area contributed by atoms with Gasteiger partial charge in [-0.05, 0) is 46.6 Å². The molecule has 3 rings (SSSR count). The maximum atomic E-state index is 4.49. The van der Waals surface area contributed by atoms with Crippen LogP contribution in [-0.4, -0.2) is 41.0 Å². The molecule has 0 radical (unpaired) electrons. The van der Waals surface area contributed by atoms with E-state index in [9.17, 15) is 0 Å². The normalized spacial score (nSPS) is 16.2. The number of piperazine rings is 1. The fourth-order valence-corrected chi connectivity index (χ4v) is 2.82. The standard InChI is InChI=1S/C16H19BrN4/c1-13-3-2-6-18-15(13)12-20-7-9-21(10-8-20)16-5-4-14(17)11-19-16/h2-6,11H,7-10,12H2,1H3. The summed E-state index contributed by atoms with van der Waals surface area (Å²) < 4.78 is 1.02. The van der Waals surface area contributed by atoms with Crippen LogP contribution in [0.15, 0.2) is 41.1 Å². The van der Waals surface area contributed by atoms with Gasteiger partial charge in [-0.2, -0.15) is 0 Å². The zero-order valence-electron chi connectivity index (χ0n) is 12.2. The summed E-state index contributed by atoms with van der Waals surface area (Å²) in [5, 5.41) is 0. The molecule has 1 fully saturated rings. The maximum absolute atomic E-state index is 4.49. The molecule has 0 unspecified atom stereocenters. The van der Waals surface area contributed by atoms with Crippen molar-refractivity contribution in [1.29, 1.82) is 0 Å². The van der Waals surface area contributed by atoms with E-state index in [1.54, 1.807) is 0 Å². The molecule has 0 N–H and O–H groups in total. The molecule has 2 aromatic heterocycles. The highest BCUT2D eigenvalue weighted by Gasteiger charge is 2.18. The SMILES string of the molecule is Cc1cccnc1CN1CCN(c2ccc(Br)cn2)CC1. The van der Waals surface area contributed by atoms with Crippen molar-refractivity contribution in [2.75, 3.05) is 31.1 Å². The van der Waals surface area contributed by atoms with Crippen LogP contribution < -0.4 is 4.90 Å². The van der Waals surface area contributed by atoms with E-state index in [1.165, 1.54) is 11.3 Å². The average Bonchev–Trinajstić information content (AvgIpc) is 2.51. The summed E-state index contributed by atoms with van der Waals surface area (Å²) in [4.78, 5) is 13.8. The van der Waals surface area contributed by atoms with Gasteiger partial charge in [0.05, 0.1) is 5.69 Å². The lowest BCUT2D eigenvalue weighted by molar-refractivity contribution is 0.246. The van der Waals surface area contributed by atoms with Crippen LogP contribution in [0.3, 0.4) is 0 Å². The lowest BCUT2D eigenvalue weighted by atomic mass is 10.2. The van der Waals surface area contributed by atoms with Gasteiger partial charge in [-0.3, -0.25) is 9.88 Å². The van der Waals surface area contributed by atoms with Crippen molar-refractivity contribution >= 4 is 21.7 Å². The molecule has 0 aromatic carbocycles. The van der Waals surface area contributed by atoms with Crippen LogP contribution in [0.25, 0.3) is 0 Å². The molecule has 0 amide bonds. The highest BCUT2D eigenvalue weighted by molar-refractivity contribution is 9.10. The fraction of sp³-hybridized carbons (Fsp3) is 0.375. The summed E-state index contributed by atoms with van der Waals surface area (Å²) in [6.45, 7) is 7.20. The van der Waals surface area contributed by atoms with Crippen LogP contribution in [0.4, 0.5) is 5.82 Å². The van der Waals surface area contributed by atoms with E-state index in [0.717, 1.165) is 43.0 Å². The van der Waals surface area contributed by atoms with Crippen molar-refractivity contribution in [3.8, 4) is 0 Å². The van der Waals surface area contributed by atoms with E-state index in [1.807, 2.05) is 24.5 Å². The Morgan fingerprint density at radius 2 is 1.90 bits per heavy atom. The number of halogens is 1. The van der Waals surface area contributed by atoms with Crippen molar-refractivity contribution in [3.05, 3.63) is 52.4 Å². The maximum Gasteiger partial charge on any atom is 0.128 e. The van der Waals surface area contributed by atoms with Crippen LogP contribution in [0.1, 0.15) is 11.3 Å². The van der Waals surface area contributed by atoms with E-state index in [0.29, 0.717) is 0 Å². The highest BCUT2D eigenvalue weighted by atomic mass is 79.9. The van der Waals surface area contributed by atoms with Crippen LogP contribution >= 0.6 is 15.9 Å². The summed E-state index contributed by atoms with van der Waals surface area (Å²) in [5.74, 6) is 1.06. The summed E-state index contributed by atoms with van der Waals surface area (Å²) in [7, 11) is 0. The Morgan fingerprint density at radius 3 is 2.57 bits per heavy atom. The number of aromatic nitrogens is 2. The number of hydrogen-bond donors (Lipinski definition) is 0. The minimum absolute atomic E-state index is 0.939. The van der Waals surface area contributed by atoms with Gasteiger partial charge in [-0.25, -0.2) is 4.98 Å². The number of rotatable bonds is 3. The molecule has 1 aliphatic heterocycles. The molecule has 0 aliphatic carbocycles. The third kappa shape index (κ3) is 3.60. The van der Waals surface area contributed by atoms with Gasteiger partial charge in [0.25, 0.3) is 0 Å². The van der Waals surface area contributed by atoms with E-state index in [4.69, 9.17) is 0 Å². The highest BCUT2D eigenvalue weighted by Crippen LogP contribution is 2.17. The number of anilines is 1. The van der Waals surface area contributed by atoms with Crippen LogP contribution in [-0.2, 0) is 6.54 Å². The van der Waals surface area contributed by atoms with E-state index in [2.05, 4.69) is 54.8 Å². The van der Waals surface area contributed by atoms with Gasteiger partial charge >= 0.3 is 0 Å². The number of nitrogens with zero attached hydrogens (tertiary/aromatic N) is 4. The Labute approximate surface area is 133 Å². The van der Waals surface area contributed by atoms with E-state index in [-0.39, 0.29) is 0 Å². The Morgan fingerprint density at radius 1 is 1.10 bits per heavy atom. The van der Waals surface area contributed by atoms with E-state index >= 15 is 0 Å². The first-order valence-electron chi connectivity index (χ1n) is 7.22. The Kier molecular flexibility index (Phi) is 4.51. The third-order valence-electron chi connectivity index (χ3n) is 3.90. The Balaban J connectivity index is 1.58. The molecule has 3 heterocycles. The first kappa shape index (κ1) is 14.5. The van der Waals surface area contributed by atoms with E-state index < -0.39 is 0 Å². The first-order valence-corrected chi connectivity index (χ1v) is 8.01. The van der Waals surface area contributed by atoms with Crippen molar-refractivity contribution in [2.45, 2.75) is 13.5 Å². The molecule has 5 heteroatoms. The van der Waals surface area contributed by atoms with Gasteiger partial charge in [-0.1, -0.05) is 6.07 Å². The van der Waals surface area contributed by atoms with Crippen molar-refractivity contribution in [1.82, 2.24) is 14.9 Å². The topological polar surface area (TPSA) is 32.3 Å². The predicted molar refractivity (Wildman–Crippen MR) is 88.4 cm³/mol. The van der Waals surface area contributed by atoms with Gasteiger partial charge in [0.2, 0.25) is 0 Å². The molecular weight excluding hydrogens is 328 g/mol. The van der Waals surface area contributed by atoms with Crippen molar-refractivity contribution < 1.29 is 0 Å². The minimum Gasteiger partial charge on any atom is -0.354 e. The number of pyridine rings is 2. The zero-order valence-corrected chi connectivity index (χ0v) is 13.8. The van der Waals surface area contributed by atoms with Gasteiger partial charge in [0, 0.05) is 49.6 Å². The predicted octanol–water partition coefficient (Wildman–Crippen LogP) is 2.87. The second-order valence-electron chi connectivity index (χ2n) is 5.36. The number of hydrogen-bond acceptors (Lipinski definition) is 4. The molecular formula is C16H19BrN4. The number of aryl methyl sites for hydroxylation is 1. The van der Waals surface area contributed by atoms with Crippen LogP contribution in [0.2, 0.25) is 0 Å². The van der Waals surface area contributed by atoms with Gasteiger partial charge in [0.15, 0.2) is 0 Å².